The Bertz CT molecular complexity index is 386. The molecule has 1 amide bonds. The zero-order valence-corrected chi connectivity index (χ0v) is 20.0. The van der Waals surface area contributed by atoms with Gasteiger partial charge in [-0.15, -0.1) is 0 Å². The van der Waals surface area contributed by atoms with Crippen molar-refractivity contribution in [2.75, 3.05) is 13.2 Å². The van der Waals surface area contributed by atoms with Crippen molar-refractivity contribution in [2.45, 2.75) is 136 Å². The summed E-state index contributed by atoms with van der Waals surface area (Å²) >= 11 is 0. The van der Waals surface area contributed by atoms with Crippen LogP contribution in [0.2, 0.25) is 0 Å². The molecule has 0 atom stereocenters. The van der Waals surface area contributed by atoms with E-state index in [1.807, 2.05) is 20.8 Å². The number of unbranched alkanes of at least 4 members (excludes halogenated alkanes) is 13. The van der Waals surface area contributed by atoms with Crippen molar-refractivity contribution in [1.29, 1.82) is 0 Å². The van der Waals surface area contributed by atoms with Gasteiger partial charge in [0.15, 0.2) is 0 Å². The van der Waals surface area contributed by atoms with Gasteiger partial charge in [0.2, 0.25) is 5.91 Å². The average Bonchev–Trinajstić information content (AvgIpc) is 2.65. The van der Waals surface area contributed by atoms with Crippen molar-refractivity contribution in [1.82, 2.24) is 5.32 Å². The molecule has 0 fully saturated rings. The molecular formula is C25H51NO3. The van der Waals surface area contributed by atoms with Gasteiger partial charge < -0.3 is 15.5 Å². The molecule has 0 radical (unpaired) electrons. The number of carbonyl (C=O) groups excluding carboxylic acids is 1. The first-order valence-electron chi connectivity index (χ1n) is 12.3. The summed E-state index contributed by atoms with van der Waals surface area (Å²) in [5, 5.41) is 22.4. The summed E-state index contributed by atoms with van der Waals surface area (Å²) in [5.74, 6) is -0.0917. The normalized spacial score (nSPS) is 12.3. The average molecular weight is 414 g/mol. The minimum absolute atomic E-state index is 0.0917. The van der Waals surface area contributed by atoms with Gasteiger partial charge in [-0.2, -0.15) is 0 Å². The summed E-state index contributed by atoms with van der Waals surface area (Å²) in [6.07, 6.45) is 19.2. The fourth-order valence-electron chi connectivity index (χ4n) is 3.83. The van der Waals surface area contributed by atoms with Gasteiger partial charge in [0, 0.05) is 6.42 Å². The molecule has 4 nitrogen and oxygen atoms in total. The van der Waals surface area contributed by atoms with Crippen molar-refractivity contribution in [2.24, 2.45) is 5.41 Å². The number of nitrogens with one attached hydrogen (secondary N) is 1. The van der Waals surface area contributed by atoms with Gasteiger partial charge in [0.1, 0.15) is 0 Å². The van der Waals surface area contributed by atoms with E-state index in [1.165, 1.54) is 77.0 Å². The number of rotatable bonds is 19. The van der Waals surface area contributed by atoms with E-state index in [-0.39, 0.29) is 24.5 Å². The number of hydrogen-bond donors (Lipinski definition) is 3. The van der Waals surface area contributed by atoms with Gasteiger partial charge in [-0.3, -0.25) is 4.79 Å². The van der Waals surface area contributed by atoms with E-state index in [0.29, 0.717) is 12.8 Å². The first kappa shape index (κ1) is 28.4. The van der Waals surface area contributed by atoms with Crippen LogP contribution in [-0.4, -0.2) is 34.9 Å². The Kier molecular flexibility index (Phi) is 16.7. The molecule has 0 aliphatic heterocycles. The molecular weight excluding hydrogens is 362 g/mol. The molecule has 4 heteroatoms. The van der Waals surface area contributed by atoms with E-state index in [4.69, 9.17) is 0 Å². The highest BCUT2D eigenvalue weighted by atomic mass is 16.3. The van der Waals surface area contributed by atoms with Gasteiger partial charge in [-0.1, -0.05) is 118 Å². The van der Waals surface area contributed by atoms with Gasteiger partial charge in [-0.25, -0.2) is 0 Å². The number of aliphatic hydroxyl groups excluding tert-OH is 2. The maximum atomic E-state index is 12.2. The van der Waals surface area contributed by atoms with Gasteiger partial charge in [0.05, 0.1) is 18.8 Å². The molecule has 0 saturated carbocycles. The predicted molar refractivity (Wildman–Crippen MR) is 124 cm³/mol. The maximum Gasteiger partial charge on any atom is 0.221 e. The maximum absolute atomic E-state index is 12.2. The molecule has 0 unspecified atom stereocenters. The lowest BCUT2D eigenvalue weighted by molar-refractivity contribution is -0.126. The van der Waals surface area contributed by atoms with E-state index >= 15 is 0 Å². The largest absolute Gasteiger partial charge is 0.394 e. The molecule has 0 aliphatic rings. The Balaban J connectivity index is 3.75. The lowest BCUT2D eigenvalue weighted by Gasteiger charge is -2.32. The summed E-state index contributed by atoms with van der Waals surface area (Å²) in [4.78, 5) is 12.2. The van der Waals surface area contributed by atoms with Crippen molar-refractivity contribution < 1.29 is 15.0 Å². The van der Waals surface area contributed by atoms with Gasteiger partial charge in [-0.05, 0) is 11.8 Å². The third-order valence-corrected chi connectivity index (χ3v) is 5.71. The summed E-state index contributed by atoms with van der Waals surface area (Å²) in [6, 6.07) is 0. The van der Waals surface area contributed by atoms with Crippen molar-refractivity contribution in [3.8, 4) is 0 Å². The first-order chi connectivity index (χ1) is 13.8. The SMILES string of the molecule is CCCCCCCCCCCCCCCCC(CO)(CO)NC(=O)CC(C)(C)C. The minimum atomic E-state index is -0.876. The molecule has 0 aliphatic carbocycles. The molecule has 0 aromatic rings. The minimum Gasteiger partial charge on any atom is -0.394 e. The van der Waals surface area contributed by atoms with Crippen molar-refractivity contribution in [3.05, 3.63) is 0 Å². The molecule has 0 aromatic heterocycles. The van der Waals surface area contributed by atoms with Crippen LogP contribution >= 0.6 is 0 Å². The molecule has 29 heavy (non-hydrogen) atoms. The molecule has 0 rings (SSSR count). The van der Waals surface area contributed by atoms with Gasteiger partial charge >= 0.3 is 0 Å². The van der Waals surface area contributed by atoms with E-state index < -0.39 is 5.54 Å². The third-order valence-electron chi connectivity index (χ3n) is 5.71. The highest BCUT2D eigenvalue weighted by molar-refractivity contribution is 5.77. The standard InChI is InChI=1S/C25H51NO3/c1-5-6-7-8-9-10-11-12-13-14-15-16-17-18-19-25(21-27,22-28)26-23(29)20-24(2,3)4/h27-28H,5-22H2,1-4H3,(H,26,29). The highest BCUT2D eigenvalue weighted by Gasteiger charge is 2.31. The molecule has 3 N–H and O–H groups in total. The van der Waals surface area contributed by atoms with Crippen LogP contribution in [-0.2, 0) is 4.79 Å². The third kappa shape index (κ3) is 16.8. The summed E-state index contributed by atoms with van der Waals surface area (Å²) in [7, 11) is 0. The van der Waals surface area contributed by atoms with Crippen LogP contribution in [0.15, 0.2) is 0 Å². The van der Waals surface area contributed by atoms with Crippen LogP contribution in [0.25, 0.3) is 0 Å². The second-order valence-corrected chi connectivity index (χ2v) is 10.2. The first-order valence-corrected chi connectivity index (χ1v) is 12.3. The number of hydrogen-bond acceptors (Lipinski definition) is 3. The molecule has 0 spiro atoms. The van der Waals surface area contributed by atoms with Crippen LogP contribution in [0.5, 0.6) is 0 Å². The highest BCUT2D eigenvalue weighted by Crippen LogP contribution is 2.21. The Morgan fingerprint density at radius 3 is 1.41 bits per heavy atom. The number of aliphatic hydroxyl groups is 2. The molecule has 0 heterocycles. The van der Waals surface area contributed by atoms with Crippen LogP contribution in [0.1, 0.15) is 130 Å². The second kappa shape index (κ2) is 17.1. The Hall–Kier alpha value is -0.610. The Morgan fingerprint density at radius 1 is 0.690 bits per heavy atom. The predicted octanol–water partition coefficient (Wildman–Crippen LogP) is 6.13. The molecule has 0 saturated heterocycles. The quantitative estimate of drug-likeness (QED) is 0.223. The monoisotopic (exact) mass is 413 g/mol. The zero-order chi connectivity index (χ0) is 22.0. The van der Waals surface area contributed by atoms with Crippen LogP contribution in [0.4, 0.5) is 0 Å². The second-order valence-electron chi connectivity index (χ2n) is 10.2. The van der Waals surface area contributed by atoms with E-state index in [2.05, 4.69) is 12.2 Å². The van der Waals surface area contributed by atoms with Crippen LogP contribution in [0.3, 0.4) is 0 Å². The van der Waals surface area contributed by atoms with Crippen LogP contribution in [0, 0.1) is 5.41 Å². The molecule has 0 aromatic carbocycles. The summed E-state index contributed by atoms with van der Waals surface area (Å²) in [6.45, 7) is 7.89. The number of carbonyl (C=O) groups is 1. The topological polar surface area (TPSA) is 69.6 Å². The fourth-order valence-corrected chi connectivity index (χ4v) is 3.83. The summed E-state index contributed by atoms with van der Waals surface area (Å²) in [5.41, 5.74) is -0.977. The van der Waals surface area contributed by atoms with Gasteiger partial charge in [0.25, 0.3) is 0 Å². The van der Waals surface area contributed by atoms with Crippen LogP contribution < -0.4 is 5.32 Å². The molecule has 0 bridgehead atoms. The fraction of sp³-hybridized carbons (Fsp3) is 0.960. The van der Waals surface area contributed by atoms with E-state index in [0.717, 1.165) is 12.8 Å². The zero-order valence-electron chi connectivity index (χ0n) is 20.0. The Labute approximate surface area is 181 Å². The number of amides is 1. The Morgan fingerprint density at radius 2 is 1.07 bits per heavy atom. The smallest absolute Gasteiger partial charge is 0.221 e. The lowest BCUT2D eigenvalue weighted by atomic mass is 9.89. The lowest BCUT2D eigenvalue weighted by Crippen LogP contribution is -2.54. The van der Waals surface area contributed by atoms with E-state index in [9.17, 15) is 15.0 Å². The van der Waals surface area contributed by atoms with Crippen molar-refractivity contribution >= 4 is 5.91 Å². The van der Waals surface area contributed by atoms with Crippen molar-refractivity contribution in [3.63, 3.8) is 0 Å². The van der Waals surface area contributed by atoms with E-state index in [1.54, 1.807) is 0 Å². The summed E-state index contributed by atoms with van der Waals surface area (Å²) < 4.78 is 0. The molecule has 174 valence electrons.